The zero-order valence-electron chi connectivity index (χ0n) is 11.9. The third-order valence-corrected chi connectivity index (χ3v) is 3.60. The van der Waals surface area contributed by atoms with Crippen LogP contribution in [-0.4, -0.2) is 32.0 Å². The second-order valence-corrected chi connectivity index (χ2v) is 5.40. The third kappa shape index (κ3) is 3.75. The summed E-state index contributed by atoms with van der Waals surface area (Å²) in [6, 6.07) is 2.86. The van der Waals surface area contributed by atoms with Crippen molar-refractivity contribution in [1.82, 2.24) is 9.97 Å². The molecule has 0 radical (unpaired) electrons. The number of benzene rings is 1. The predicted octanol–water partition coefficient (Wildman–Crippen LogP) is 2.92. The molecule has 0 saturated heterocycles. The first kappa shape index (κ1) is 17.6. The van der Waals surface area contributed by atoms with Gasteiger partial charge in [-0.1, -0.05) is 23.4 Å². The smallest absolute Gasteiger partial charge is 0.299 e. The van der Waals surface area contributed by atoms with Gasteiger partial charge >= 0.3 is 0 Å². The van der Waals surface area contributed by atoms with Crippen LogP contribution in [0.15, 0.2) is 29.6 Å². The molecule has 124 valence electrons. The molecule has 24 heavy (non-hydrogen) atoms. The van der Waals surface area contributed by atoms with E-state index in [1.54, 1.807) is 6.26 Å². The van der Waals surface area contributed by atoms with Crippen LogP contribution in [0.25, 0.3) is 0 Å². The molecular formula is C12H8ClN5O5S. The maximum atomic E-state index is 12.2. The summed E-state index contributed by atoms with van der Waals surface area (Å²) in [5.74, 6) is -0.797. The molecular weight excluding hydrogens is 362 g/mol. The molecule has 1 aromatic heterocycles. The highest BCUT2D eigenvalue weighted by molar-refractivity contribution is 7.98. The Morgan fingerprint density at radius 3 is 2.58 bits per heavy atom. The van der Waals surface area contributed by atoms with E-state index in [9.17, 15) is 25.0 Å². The summed E-state index contributed by atoms with van der Waals surface area (Å²) in [4.78, 5) is 40.2. The molecule has 10 nitrogen and oxygen atoms in total. The van der Waals surface area contributed by atoms with Crippen molar-refractivity contribution in [1.29, 1.82) is 0 Å². The number of thioether (sulfide) groups is 1. The monoisotopic (exact) mass is 369 g/mol. The van der Waals surface area contributed by atoms with Gasteiger partial charge in [-0.05, 0) is 12.3 Å². The van der Waals surface area contributed by atoms with Gasteiger partial charge in [-0.15, -0.1) is 0 Å². The Morgan fingerprint density at radius 1 is 1.29 bits per heavy atom. The average Bonchev–Trinajstić information content (AvgIpc) is 2.55. The van der Waals surface area contributed by atoms with Crippen molar-refractivity contribution < 1.29 is 14.6 Å². The van der Waals surface area contributed by atoms with Gasteiger partial charge in [0.1, 0.15) is 5.69 Å². The number of hydrogen-bond acceptors (Lipinski definition) is 8. The van der Waals surface area contributed by atoms with E-state index in [-0.39, 0.29) is 16.4 Å². The van der Waals surface area contributed by atoms with E-state index in [0.29, 0.717) is 5.16 Å². The van der Waals surface area contributed by atoms with Crippen LogP contribution in [0.5, 0.6) is 0 Å². The number of hydrogen-bond donors (Lipinski definition) is 1. The minimum absolute atomic E-state index is 0.0325. The number of aromatic nitrogens is 2. The lowest BCUT2D eigenvalue weighted by molar-refractivity contribution is -0.393. The van der Waals surface area contributed by atoms with Gasteiger partial charge < -0.3 is 5.32 Å². The lowest BCUT2D eigenvalue weighted by Crippen LogP contribution is -2.16. The molecule has 0 bridgehead atoms. The van der Waals surface area contributed by atoms with Crippen molar-refractivity contribution in [2.45, 2.75) is 5.16 Å². The van der Waals surface area contributed by atoms with Gasteiger partial charge in [0.15, 0.2) is 10.9 Å². The van der Waals surface area contributed by atoms with Crippen LogP contribution >= 0.6 is 23.4 Å². The van der Waals surface area contributed by atoms with Crippen molar-refractivity contribution in [3.63, 3.8) is 0 Å². The Kier molecular flexibility index (Phi) is 5.26. The number of nitrogens with one attached hydrogen (secondary N) is 1. The number of nitro groups is 2. The molecule has 1 aromatic carbocycles. The number of halogens is 1. The fraction of sp³-hybridized carbons (Fsp3) is 0.0833. The van der Waals surface area contributed by atoms with E-state index in [1.165, 1.54) is 18.0 Å². The Morgan fingerprint density at radius 2 is 2.00 bits per heavy atom. The van der Waals surface area contributed by atoms with E-state index in [0.717, 1.165) is 18.2 Å². The van der Waals surface area contributed by atoms with E-state index in [4.69, 9.17) is 11.6 Å². The molecule has 12 heteroatoms. The standard InChI is InChI=1S/C12H8ClN5O5S/c1-24-12-14-5-7(13)10(16-12)11(19)15-8-3-2-6(17(20)21)4-9(8)18(22)23/h2-5H,1H3,(H,15,19). The van der Waals surface area contributed by atoms with Gasteiger partial charge in [0.2, 0.25) is 0 Å². The van der Waals surface area contributed by atoms with Crippen molar-refractivity contribution in [3.8, 4) is 0 Å². The number of carbonyl (C=O) groups is 1. The van der Waals surface area contributed by atoms with Crippen molar-refractivity contribution in [2.24, 2.45) is 0 Å². The molecule has 0 aliphatic rings. The quantitative estimate of drug-likeness (QED) is 0.367. The molecule has 2 aromatic rings. The number of nitro benzene ring substituents is 2. The van der Waals surface area contributed by atoms with Crippen LogP contribution in [-0.2, 0) is 0 Å². The minimum atomic E-state index is -0.836. The molecule has 0 spiro atoms. The molecule has 0 fully saturated rings. The topological polar surface area (TPSA) is 141 Å². The number of anilines is 1. The highest BCUT2D eigenvalue weighted by Gasteiger charge is 2.23. The van der Waals surface area contributed by atoms with Crippen molar-refractivity contribution in [2.75, 3.05) is 11.6 Å². The average molecular weight is 370 g/mol. The zero-order valence-corrected chi connectivity index (χ0v) is 13.5. The van der Waals surface area contributed by atoms with Crippen molar-refractivity contribution in [3.05, 3.63) is 55.3 Å². The molecule has 0 aliphatic carbocycles. The fourth-order valence-corrected chi connectivity index (χ4v) is 2.20. The van der Waals surface area contributed by atoms with Crippen LogP contribution in [0.4, 0.5) is 17.1 Å². The van der Waals surface area contributed by atoms with Gasteiger partial charge in [0, 0.05) is 6.07 Å². The van der Waals surface area contributed by atoms with E-state index in [2.05, 4.69) is 15.3 Å². The second kappa shape index (κ2) is 7.19. The first-order valence-corrected chi connectivity index (χ1v) is 7.74. The van der Waals surface area contributed by atoms with Gasteiger partial charge in [-0.2, -0.15) is 0 Å². The van der Waals surface area contributed by atoms with Crippen LogP contribution in [0.3, 0.4) is 0 Å². The third-order valence-electron chi connectivity index (χ3n) is 2.76. The maximum absolute atomic E-state index is 12.2. The van der Waals surface area contributed by atoms with Crippen molar-refractivity contribution >= 4 is 46.3 Å². The van der Waals surface area contributed by atoms with Gasteiger partial charge in [-0.3, -0.25) is 25.0 Å². The fourth-order valence-electron chi connectivity index (χ4n) is 1.68. The summed E-state index contributed by atoms with van der Waals surface area (Å²) < 4.78 is 0. The molecule has 0 unspecified atom stereocenters. The summed E-state index contributed by atoms with van der Waals surface area (Å²) in [6.45, 7) is 0. The predicted molar refractivity (Wildman–Crippen MR) is 86.5 cm³/mol. The second-order valence-electron chi connectivity index (χ2n) is 4.22. The van der Waals surface area contributed by atoms with Gasteiger partial charge in [0.05, 0.1) is 27.1 Å². The van der Waals surface area contributed by atoms with Crippen LogP contribution < -0.4 is 5.32 Å². The summed E-state index contributed by atoms with van der Waals surface area (Å²) >= 11 is 7.05. The number of rotatable bonds is 5. The summed E-state index contributed by atoms with van der Waals surface area (Å²) in [5.41, 5.74) is -1.46. The lowest BCUT2D eigenvalue weighted by Gasteiger charge is -2.07. The zero-order chi connectivity index (χ0) is 17.9. The first-order chi connectivity index (χ1) is 11.3. The lowest BCUT2D eigenvalue weighted by atomic mass is 10.2. The van der Waals surface area contributed by atoms with Crippen LogP contribution in [0, 0.1) is 20.2 Å². The van der Waals surface area contributed by atoms with Crippen LogP contribution in [0.2, 0.25) is 5.02 Å². The maximum Gasteiger partial charge on any atom is 0.299 e. The van der Waals surface area contributed by atoms with E-state index in [1.807, 2.05) is 0 Å². The van der Waals surface area contributed by atoms with E-state index < -0.39 is 27.1 Å². The molecule has 1 N–H and O–H groups in total. The largest absolute Gasteiger partial charge is 0.315 e. The first-order valence-electron chi connectivity index (χ1n) is 6.14. The highest BCUT2D eigenvalue weighted by atomic mass is 35.5. The molecule has 0 atom stereocenters. The minimum Gasteiger partial charge on any atom is -0.315 e. The molecule has 0 aliphatic heterocycles. The summed E-state index contributed by atoms with van der Waals surface area (Å²) in [7, 11) is 0. The summed E-state index contributed by atoms with van der Waals surface area (Å²) in [5, 5.41) is 24.3. The van der Waals surface area contributed by atoms with Gasteiger partial charge in [-0.25, -0.2) is 9.97 Å². The molecule has 1 heterocycles. The Balaban J connectivity index is 2.39. The number of carbonyl (C=O) groups excluding carboxylic acids is 1. The normalized spacial score (nSPS) is 10.2. The molecule has 2 rings (SSSR count). The SMILES string of the molecule is CSc1ncc(Cl)c(C(=O)Nc2ccc([N+](=O)[O-])cc2[N+](=O)[O-])n1. The Labute approximate surface area is 143 Å². The van der Waals surface area contributed by atoms with E-state index >= 15 is 0 Å². The molecule has 0 saturated carbocycles. The van der Waals surface area contributed by atoms with Crippen LogP contribution in [0.1, 0.15) is 10.5 Å². The summed E-state index contributed by atoms with van der Waals surface area (Å²) in [6.07, 6.45) is 2.94. The number of nitrogens with zero attached hydrogens (tertiary/aromatic N) is 4. The highest BCUT2D eigenvalue weighted by Crippen LogP contribution is 2.29. The Bertz CT molecular complexity index is 847. The Hall–Kier alpha value is -2.79. The molecule has 1 amide bonds. The van der Waals surface area contributed by atoms with Gasteiger partial charge in [0.25, 0.3) is 17.3 Å². The number of non-ortho nitro benzene ring substituents is 1. The number of amides is 1.